The topological polar surface area (TPSA) is 97.1 Å². The second-order valence-corrected chi connectivity index (χ2v) is 8.47. The van der Waals surface area contributed by atoms with Crippen molar-refractivity contribution in [1.82, 2.24) is 15.2 Å². The van der Waals surface area contributed by atoms with Crippen LogP contribution in [0.1, 0.15) is 23.9 Å². The first-order valence-electron chi connectivity index (χ1n) is 8.77. The molecule has 1 aliphatic heterocycles. The van der Waals surface area contributed by atoms with Gasteiger partial charge in [-0.15, -0.1) is 22.0 Å². The van der Waals surface area contributed by atoms with E-state index in [-0.39, 0.29) is 21.6 Å². The zero-order chi connectivity index (χ0) is 21.8. The highest BCUT2D eigenvalue weighted by molar-refractivity contribution is 8.09. The van der Waals surface area contributed by atoms with Gasteiger partial charge in [-0.1, -0.05) is 29.8 Å². The normalized spacial score (nSPS) is 18.3. The molecular weight excluding hydrogens is 450 g/mol. The Morgan fingerprint density at radius 2 is 2.30 bits per heavy atom. The van der Waals surface area contributed by atoms with Crippen molar-refractivity contribution in [3.63, 3.8) is 0 Å². The summed E-state index contributed by atoms with van der Waals surface area (Å²) in [6, 6.07) is 2.51. The lowest BCUT2D eigenvalue weighted by atomic mass is 9.94. The van der Waals surface area contributed by atoms with Crippen molar-refractivity contribution in [3.8, 4) is 5.75 Å². The Labute approximate surface area is 187 Å². The Balaban J connectivity index is 2.05. The monoisotopic (exact) mass is 468 g/mol. The molecule has 30 heavy (non-hydrogen) atoms. The van der Waals surface area contributed by atoms with Gasteiger partial charge < -0.3 is 20.6 Å². The van der Waals surface area contributed by atoms with E-state index in [0.29, 0.717) is 27.8 Å². The number of allylic oxidation sites excluding steroid dienone is 3. The van der Waals surface area contributed by atoms with Crippen molar-refractivity contribution >= 4 is 39.9 Å². The highest BCUT2D eigenvalue weighted by Crippen LogP contribution is 2.50. The molecule has 3 rings (SSSR count). The van der Waals surface area contributed by atoms with Crippen molar-refractivity contribution in [2.75, 3.05) is 7.11 Å². The maximum Gasteiger partial charge on any atom is 0.167 e. The minimum Gasteiger partial charge on any atom is -0.495 e. The second-order valence-electron chi connectivity index (χ2n) is 6.36. The van der Waals surface area contributed by atoms with Crippen molar-refractivity contribution in [2.45, 2.75) is 17.8 Å². The first-order chi connectivity index (χ1) is 14.3. The summed E-state index contributed by atoms with van der Waals surface area (Å²) in [5.74, 6) is 0.0952. The predicted molar refractivity (Wildman–Crippen MR) is 119 cm³/mol. The van der Waals surface area contributed by atoms with E-state index in [4.69, 9.17) is 33.7 Å². The smallest absolute Gasteiger partial charge is 0.167 e. The number of rotatable bonds is 7. The molecular formula is C20H19Cl2FN4O2S. The van der Waals surface area contributed by atoms with Crippen LogP contribution in [0.2, 0.25) is 5.02 Å². The van der Waals surface area contributed by atoms with Gasteiger partial charge in [0.1, 0.15) is 24.0 Å². The van der Waals surface area contributed by atoms with Gasteiger partial charge in [0, 0.05) is 15.8 Å². The Kier molecular flexibility index (Phi) is 7.25. The molecule has 0 spiro atoms. The Bertz CT molecular complexity index is 1040. The summed E-state index contributed by atoms with van der Waals surface area (Å²) in [5, 5.41) is 19.3. The van der Waals surface area contributed by atoms with Crippen LogP contribution in [0.5, 0.6) is 5.75 Å². The van der Waals surface area contributed by atoms with Crippen LogP contribution >= 0.6 is 35.0 Å². The molecule has 158 valence electrons. The van der Waals surface area contributed by atoms with E-state index in [9.17, 15) is 9.50 Å². The fourth-order valence-electron chi connectivity index (χ4n) is 3.14. The number of hydrogen-bond acceptors (Lipinski definition) is 6. The molecule has 1 aromatic heterocycles. The van der Waals surface area contributed by atoms with Gasteiger partial charge in [-0.05, 0) is 48.1 Å². The molecule has 0 amide bonds. The average Bonchev–Trinajstić information content (AvgIpc) is 3.36. The molecule has 0 bridgehead atoms. The van der Waals surface area contributed by atoms with Gasteiger partial charge in [0.15, 0.2) is 5.82 Å². The second kappa shape index (κ2) is 9.70. The van der Waals surface area contributed by atoms with E-state index in [1.807, 2.05) is 0 Å². The molecule has 2 unspecified atom stereocenters. The van der Waals surface area contributed by atoms with E-state index in [2.05, 4.69) is 21.8 Å². The van der Waals surface area contributed by atoms with Crippen LogP contribution in [-0.2, 0) is 0 Å². The molecule has 1 aliphatic rings. The number of benzene rings is 1. The van der Waals surface area contributed by atoms with Crippen molar-refractivity contribution in [3.05, 3.63) is 81.8 Å². The third-order valence-electron chi connectivity index (χ3n) is 4.47. The fraction of sp³-hybridized carbons (Fsp3) is 0.200. The molecule has 0 fully saturated rings. The SMILES string of the molecule is C=C(Cl)/C=C(\C=C/N)C1CC(C(O)c2cc(OC)c(Cl)cc2F)=C(c2nnc[nH]2)S1. The van der Waals surface area contributed by atoms with Gasteiger partial charge in [-0.25, -0.2) is 4.39 Å². The zero-order valence-corrected chi connectivity index (χ0v) is 18.2. The van der Waals surface area contributed by atoms with Gasteiger partial charge in [-0.3, -0.25) is 0 Å². The number of aliphatic hydroxyl groups is 1. The lowest BCUT2D eigenvalue weighted by Crippen LogP contribution is -2.08. The van der Waals surface area contributed by atoms with Crippen LogP contribution in [0.3, 0.4) is 0 Å². The summed E-state index contributed by atoms with van der Waals surface area (Å²) in [6.07, 6.45) is 5.39. The number of nitrogens with two attached hydrogens (primary N) is 1. The molecule has 0 saturated heterocycles. The molecule has 10 heteroatoms. The standard InChI is InChI=1S/C20H19Cl2FN4O2S/c1-10(21)5-11(3-4-24)17-7-13(19(30-17)20-25-9-26-27-20)18(28)12-6-16(29-2)14(22)8-15(12)23/h3-6,8-9,17-18,28H,1,7,24H2,2H3,(H,25,26,27)/b4-3-,11-5+. The van der Waals surface area contributed by atoms with Gasteiger partial charge >= 0.3 is 0 Å². The van der Waals surface area contributed by atoms with Crippen LogP contribution in [-0.4, -0.2) is 32.6 Å². The summed E-state index contributed by atoms with van der Waals surface area (Å²) >= 11 is 13.4. The van der Waals surface area contributed by atoms with Crippen LogP contribution in [0.15, 0.2) is 59.6 Å². The number of aromatic nitrogens is 3. The number of aliphatic hydroxyl groups excluding tert-OH is 1. The number of thioether (sulfide) groups is 1. The number of nitrogens with one attached hydrogen (secondary N) is 1. The molecule has 2 heterocycles. The molecule has 4 N–H and O–H groups in total. The molecule has 0 radical (unpaired) electrons. The Morgan fingerprint density at radius 1 is 1.53 bits per heavy atom. The molecule has 0 aliphatic carbocycles. The number of aromatic amines is 1. The summed E-state index contributed by atoms with van der Waals surface area (Å²) < 4.78 is 19.8. The van der Waals surface area contributed by atoms with Gasteiger partial charge in [-0.2, -0.15) is 0 Å². The minimum atomic E-state index is -1.25. The van der Waals surface area contributed by atoms with E-state index < -0.39 is 11.9 Å². The fourth-order valence-corrected chi connectivity index (χ4v) is 4.88. The highest BCUT2D eigenvalue weighted by Gasteiger charge is 2.34. The first-order valence-corrected chi connectivity index (χ1v) is 10.4. The van der Waals surface area contributed by atoms with E-state index in [1.54, 1.807) is 12.2 Å². The summed E-state index contributed by atoms with van der Waals surface area (Å²) in [4.78, 5) is 3.60. The lowest BCUT2D eigenvalue weighted by Gasteiger charge is -2.17. The van der Waals surface area contributed by atoms with E-state index in [0.717, 1.165) is 11.6 Å². The number of methoxy groups -OCH3 is 1. The van der Waals surface area contributed by atoms with Crippen molar-refractivity contribution in [1.29, 1.82) is 0 Å². The molecule has 6 nitrogen and oxygen atoms in total. The van der Waals surface area contributed by atoms with Crippen LogP contribution in [0.25, 0.3) is 4.91 Å². The van der Waals surface area contributed by atoms with Crippen molar-refractivity contribution in [2.24, 2.45) is 5.73 Å². The molecule has 1 aromatic carbocycles. The Morgan fingerprint density at radius 3 is 2.90 bits per heavy atom. The summed E-state index contributed by atoms with van der Waals surface area (Å²) in [5.41, 5.74) is 7.00. The lowest BCUT2D eigenvalue weighted by molar-refractivity contribution is 0.207. The molecule has 2 atom stereocenters. The van der Waals surface area contributed by atoms with E-state index in [1.165, 1.54) is 37.5 Å². The first kappa shape index (κ1) is 22.4. The summed E-state index contributed by atoms with van der Waals surface area (Å²) in [7, 11) is 1.42. The number of halogens is 3. The average molecular weight is 469 g/mol. The van der Waals surface area contributed by atoms with Crippen molar-refractivity contribution < 1.29 is 14.2 Å². The van der Waals surface area contributed by atoms with Gasteiger partial charge in [0.25, 0.3) is 0 Å². The maximum atomic E-state index is 14.7. The highest BCUT2D eigenvalue weighted by atomic mass is 35.5. The number of ether oxygens (including phenoxy) is 1. The van der Waals surface area contributed by atoms with Gasteiger partial charge in [0.05, 0.1) is 17.0 Å². The maximum absolute atomic E-state index is 14.7. The van der Waals surface area contributed by atoms with Crippen LogP contribution in [0, 0.1) is 5.82 Å². The third-order valence-corrected chi connectivity index (χ3v) is 6.29. The quantitative estimate of drug-likeness (QED) is 0.509. The third kappa shape index (κ3) is 4.73. The number of hydrogen-bond donors (Lipinski definition) is 3. The summed E-state index contributed by atoms with van der Waals surface area (Å²) in [6.45, 7) is 3.70. The number of nitrogens with zero attached hydrogens (tertiary/aromatic N) is 2. The predicted octanol–water partition coefficient (Wildman–Crippen LogP) is 4.71. The minimum absolute atomic E-state index is 0.0474. The molecule has 2 aromatic rings. The van der Waals surface area contributed by atoms with Crippen LogP contribution in [0.4, 0.5) is 4.39 Å². The largest absolute Gasteiger partial charge is 0.495 e. The molecule has 0 saturated carbocycles. The Hall–Kier alpha value is -2.26. The number of H-pyrrole nitrogens is 1. The van der Waals surface area contributed by atoms with E-state index >= 15 is 0 Å². The van der Waals surface area contributed by atoms with Crippen LogP contribution < -0.4 is 10.5 Å². The van der Waals surface area contributed by atoms with Gasteiger partial charge in [0.2, 0.25) is 0 Å². The zero-order valence-electron chi connectivity index (χ0n) is 15.9.